The summed E-state index contributed by atoms with van der Waals surface area (Å²) in [7, 11) is 0. The smallest absolute Gasteiger partial charge is 0.335 e. The van der Waals surface area contributed by atoms with Gasteiger partial charge in [0.05, 0.1) is 5.56 Å². The molecule has 0 aliphatic rings. The zero-order chi connectivity index (χ0) is 9.42. The SMILES string of the molecule is O=C(O)c1ccc2c(c1)nnn2O. The van der Waals surface area contributed by atoms with Gasteiger partial charge in [0.2, 0.25) is 0 Å². The molecular weight excluding hydrogens is 174 g/mol. The number of hydrogen-bond acceptors (Lipinski definition) is 4. The Balaban J connectivity index is 2.70. The predicted octanol–water partition coefficient (Wildman–Crippen LogP) is 0.367. The zero-order valence-electron chi connectivity index (χ0n) is 6.38. The Hall–Kier alpha value is -2.11. The molecule has 0 aliphatic heterocycles. The minimum Gasteiger partial charge on any atom is -0.478 e. The Bertz CT molecular complexity index is 477. The molecule has 0 saturated carbocycles. The van der Waals surface area contributed by atoms with Gasteiger partial charge in [0.1, 0.15) is 11.0 Å². The second kappa shape index (κ2) is 2.44. The van der Waals surface area contributed by atoms with Crippen molar-refractivity contribution in [2.75, 3.05) is 0 Å². The van der Waals surface area contributed by atoms with Crippen molar-refractivity contribution in [3.05, 3.63) is 23.8 Å². The summed E-state index contributed by atoms with van der Waals surface area (Å²) in [5, 5.41) is 24.6. The van der Waals surface area contributed by atoms with E-state index >= 15 is 0 Å². The van der Waals surface area contributed by atoms with Crippen LogP contribution < -0.4 is 0 Å². The van der Waals surface area contributed by atoms with Crippen LogP contribution in [0.5, 0.6) is 0 Å². The molecule has 6 nitrogen and oxygen atoms in total. The molecule has 0 radical (unpaired) electrons. The van der Waals surface area contributed by atoms with Crippen molar-refractivity contribution < 1.29 is 15.1 Å². The van der Waals surface area contributed by atoms with Gasteiger partial charge in [-0.25, -0.2) is 4.79 Å². The summed E-state index contributed by atoms with van der Waals surface area (Å²) in [4.78, 5) is 11.1. The van der Waals surface area contributed by atoms with Crippen molar-refractivity contribution >= 4 is 17.0 Å². The Morgan fingerprint density at radius 2 is 2.23 bits per heavy atom. The van der Waals surface area contributed by atoms with Gasteiger partial charge < -0.3 is 10.3 Å². The largest absolute Gasteiger partial charge is 0.478 e. The van der Waals surface area contributed by atoms with Gasteiger partial charge in [0.25, 0.3) is 0 Å². The summed E-state index contributed by atoms with van der Waals surface area (Å²) >= 11 is 0. The van der Waals surface area contributed by atoms with Crippen LogP contribution in [-0.4, -0.2) is 31.4 Å². The van der Waals surface area contributed by atoms with Gasteiger partial charge in [0.15, 0.2) is 0 Å². The summed E-state index contributed by atoms with van der Waals surface area (Å²) in [6.45, 7) is 0. The van der Waals surface area contributed by atoms with Crippen LogP contribution in [0.4, 0.5) is 0 Å². The Kier molecular flexibility index (Phi) is 1.42. The normalized spacial score (nSPS) is 10.5. The average Bonchev–Trinajstić information content (AvgIpc) is 2.47. The molecule has 0 unspecified atom stereocenters. The highest BCUT2D eigenvalue weighted by molar-refractivity contribution is 5.92. The quantitative estimate of drug-likeness (QED) is 0.617. The second-order valence-corrected chi connectivity index (χ2v) is 2.49. The molecule has 0 saturated heterocycles. The van der Waals surface area contributed by atoms with E-state index in [9.17, 15) is 4.79 Å². The number of hydrogen-bond donors (Lipinski definition) is 2. The molecule has 1 heterocycles. The molecule has 0 bridgehead atoms. The first-order chi connectivity index (χ1) is 6.18. The third kappa shape index (κ3) is 1.08. The fourth-order valence-corrected chi connectivity index (χ4v) is 1.04. The first-order valence-corrected chi connectivity index (χ1v) is 3.46. The molecule has 2 rings (SSSR count). The second-order valence-electron chi connectivity index (χ2n) is 2.49. The number of benzene rings is 1. The maximum atomic E-state index is 10.5. The molecule has 0 spiro atoms. The van der Waals surface area contributed by atoms with E-state index in [4.69, 9.17) is 10.3 Å². The van der Waals surface area contributed by atoms with Crippen molar-refractivity contribution in [2.45, 2.75) is 0 Å². The van der Waals surface area contributed by atoms with Crippen LogP contribution in [0.1, 0.15) is 10.4 Å². The standard InChI is InChI=1S/C7H5N3O3/c11-7(12)4-1-2-6-5(3-4)8-9-10(6)13/h1-3,13H,(H,11,12). The topological polar surface area (TPSA) is 88.2 Å². The highest BCUT2D eigenvalue weighted by Gasteiger charge is 2.07. The summed E-state index contributed by atoms with van der Waals surface area (Å²) in [6, 6.07) is 4.16. The zero-order valence-corrected chi connectivity index (χ0v) is 6.38. The molecule has 0 amide bonds. The maximum Gasteiger partial charge on any atom is 0.335 e. The van der Waals surface area contributed by atoms with Crippen molar-refractivity contribution in [1.29, 1.82) is 0 Å². The van der Waals surface area contributed by atoms with Gasteiger partial charge in [-0.1, -0.05) is 4.85 Å². The Labute approximate surface area is 72.0 Å². The van der Waals surface area contributed by atoms with Gasteiger partial charge in [-0.3, -0.25) is 0 Å². The van der Waals surface area contributed by atoms with E-state index < -0.39 is 5.97 Å². The predicted molar refractivity (Wildman–Crippen MR) is 41.7 cm³/mol. The van der Waals surface area contributed by atoms with Crippen LogP contribution in [0.25, 0.3) is 11.0 Å². The van der Waals surface area contributed by atoms with Crippen molar-refractivity contribution in [1.82, 2.24) is 15.2 Å². The van der Waals surface area contributed by atoms with E-state index in [1.807, 2.05) is 0 Å². The number of rotatable bonds is 1. The highest BCUT2D eigenvalue weighted by atomic mass is 16.5. The van der Waals surface area contributed by atoms with Gasteiger partial charge in [-0.15, -0.1) is 5.10 Å². The Morgan fingerprint density at radius 3 is 2.92 bits per heavy atom. The molecule has 2 aromatic rings. The van der Waals surface area contributed by atoms with E-state index in [1.165, 1.54) is 18.2 Å². The lowest BCUT2D eigenvalue weighted by atomic mass is 10.2. The monoisotopic (exact) mass is 179 g/mol. The fourth-order valence-electron chi connectivity index (χ4n) is 1.04. The maximum absolute atomic E-state index is 10.5. The Morgan fingerprint density at radius 1 is 1.46 bits per heavy atom. The van der Waals surface area contributed by atoms with Crippen molar-refractivity contribution in [3.63, 3.8) is 0 Å². The minimum absolute atomic E-state index is 0.119. The molecule has 0 fully saturated rings. The molecular formula is C7H5N3O3. The van der Waals surface area contributed by atoms with E-state index in [0.717, 1.165) is 0 Å². The first kappa shape index (κ1) is 7.53. The number of carbonyl (C=O) groups is 1. The number of nitrogens with zero attached hydrogens (tertiary/aromatic N) is 3. The highest BCUT2D eigenvalue weighted by Crippen LogP contribution is 2.11. The molecule has 1 aromatic heterocycles. The number of fused-ring (bicyclic) bond motifs is 1. The lowest BCUT2D eigenvalue weighted by Gasteiger charge is -1.92. The molecule has 0 aliphatic carbocycles. The summed E-state index contributed by atoms with van der Waals surface area (Å²) in [5.41, 5.74) is 0.848. The fraction of sp³-hybridized carbons (Fsp3) is 0. The van der Waals surface area contributed by atoms with Crippen LogP contribution in [0.15, 0.2) is 18.2 Å². The molecule has 6 heteroatoms. The van der Waals surface area contributed by atoms with E-state index in [-0.39, 0.29) is 5.56 Å². The molecule has 66 valence electrons. The third-order valence-electron chi connectivity index (χ3n) is 1.68. The van der Waals surface area contributed by atoms with Gasteiger partial charge >= 0.3 is 5.97 Å². The summed E-state index contributed by atoms with van der Waals surface area (Å²) in [5.74, 6) is -1.03. The van der Waals surface area contributed by atoms with Gasteiger partial charge in [-0.05, 0) is 23.4 Å². The lowest BCUT2D eigenvalue weighted by molar-refractivity contribution is 0.0697. The number of aromatic carboxylic acids is 1. The number of carboxylic acid groups (broad SMARTS) is 1. The van der Waals surface area contributed by atoms with Crippen LogP contribution in [0, 0.1) is 0 Å². The average molecular weight is 179 g/mol. The van der Waals surface area contributed by atoms with Crippen molar-refractivity contribution in [2.24, 2.45) is 0 Å². The third-order valence-corrected chi connectivity index (χ3v) is 1.68. The number of carboxylic acids is 1. The molecule has 1 aromatic carbocycles. The van der Waals surface area contributed by atoms with Crippen molar-refractivity contribution in [3.8, 4) is 0 Å². The molecule has 13 heavy (non-hydrogen) atoms. The minimum atomic E-state index is -1.03. The summed E-state index contributed by atoms with van der Waals surface area (Å²) in [6.07, 6.45) is 0. The van der Waals surface area contributed by atoms with Crippen LogP contribution in [0.3, 0.4) is 0 Å². The number of aromatic nitrogens is 3. The molecule has 2 N–H and O–H groups in total. The van der Waals surface area contributed by atoms with E-state index in [2.05, 4.69) is 10.3 Å². The van der Waals surface area contributed by atoms with Gasteiger partial charge in [0, 0.05) is 0 Å². The van der Waals surface area contributed by atoms with E-state index in [1.54, 1.807) is 0 Å². The summed E-state index contributed by atoms with van der Waals surface area (Å²) < 4.78 is 0. The molecule has 0 atom stereocenters. The first-order valence-electron chi connectivity index (χ1n) is 3.46. The van der Waals surface area contributed by atoms with E-state index in [0.29, 0.717) is 15.9 Å². The van der Waals surface area contributed by atoms with Crippen LogP contribution in [-0.2, 0) is 0 Å². The van der Waals surface area contributed by atoms with Crippen LogP contribution >= 0.6 is 0 Å². The van der Waals surface area contributed by atoms with Crippen LogP contribution in [0.2, 0.25) is 0 Å². The van der Waals surface area contributed by atoms with Gasteiger partial charge in [-0.2, -0.15) is 0 Å². The lowest BCUT2D eigenvalue weighted by Crippen LogP contribution is -1.96.